The molecule has 0 fully saturated rings. The molecule has 0 aromatic heterocycles. The van der Waals surface area contributed by atoms with Gasteiger partial charge in [0.15, 0.2) is 12.2 Å². The van der Waals surface area contributed by atoms with E-state index >= 15 is 0 Å². The van der Waals surface area contributed by atoms with Crippen LogP contribution in [0.3, 0.4) is 0 Å². The third-order valence-electron chi connectivity index (χ3n) is 4.40. The van der Waals surface area contributed by atoms with Crippen molar-refractivity contribution in [1.82, 2.24) is 0 Å². The Kier molecular flexibility index (Phi) is 14.0. The van der Waals surface area contributed by atoms with Gasteiger partial charge in [-0.25, -0.2) is 9.59 Å². The lowest BCUT2D eigenvalue weighted by molar-refractivity contribution is -0.230. The molecule has 0 aromatic carbocycles. The fourth-order valence-corrected chi connectivity index (χ4v) is 2.19. The summed E-state index contributed by atoms with van der Waals surface area (Å²) in [4.78, 5) is 23.5. The highest BCUT2D eigenvalue weighted by Crippen LogP contribution is 2.13. The van der Waals surface area contributed by atoms with Crippen LogP contribution >= 0.6 is 0 Å². The van der Waals surface area contributed by atoms with Gasteiger partial charge in [-0.3, -0.25) is 0 Å². The molecule has 0 aliphatic heterocycles. The first-order valence-corrected chi connectivity index (χ1v) is 9.41. The number of carbonyl (C=O) groups excluding carboxylic acids is 2. The van der Waals surface area contributed by atoms with E-state index in [0.29, 0.717) is 0 Å². The summed E-state index contributed by atoms with van der Waals surface area (Å²) in [7, 11) is 0. The molecular formula is C16H30O18. The van der Waals surface area contributed by atoms with Crippen LogP contribution in [-0.4, -0.2) is 170 Å². The Labute approximate surface area is 190 Å². The Morgan fingerprint density at radius 3 is 0.971 bits per heavy atom. The lowest BCUT2D eigenvalue weighted by Gasteiger charge is -2.29. The first-order chi connectivity index (χ1) is 15.6. The van der Waals surface area contributed by atoms with Crippen molar-refractivity contribution in [3.63, 3.8) is 0 Å². The highest BCUT2D eigenvalue weighted by molar-refractivity contribution is 5.85. The lowest BCUT2D eigenvalue weighted by Crippen LogP contribution is -2.53. The van der Waals surface area contributed by atoms with Crippen molar-refractivity contribution in [3.8, 4) is 0 Å². The summed E-state index contributed by atoms with van der Waals surface area (Å²) in [5, 5.41) is 131. The Balaban J connectivity index is 4.96. The molecule has 0 amide bonds. The van der Waals surface area contributed by atoms with Crippen LogP contribution in [0.5, 0.6) is 0 Å². The van der Waals surface area contributed by atoms with Crippen LogP contribution < -0.4 is 0 Å². The van der Waals surface area contributed by atoms with Crippen LogP contribution in [0.1, 0.15) is 0 Å². The van der Waals surface area contributed by atoms with Crippen molar-refractivity contribution in [3.05, 3.63) is 0 Å². The van der Waals surface area contributed by atoms with E-state index in [1.165, 1.54) is 0 Å². The lowest BCUT2D eigenvalue weighted by atomic mass is 10.0. The Bertz CT molecular complexity index is 567. The second-order valence-corrected chi connectivity index (χ2v) is 6.99. The number of aliphatic hydroxyl groups excluding tert-OH is 14. The first-order valence-electron chi connectivity index (χ1n) is 9.41. The maximum atomic E-state index is 11.7. The molecule has 18 heteroatoms. The van der Waals surface area contributed by atoms with Gasteiger partial charge >= 0.3 is 11.9 Å². The van der Waals surface area contributed by atoms with Crippen molar-refractivity contribution >= 4 is 11.9 Å². The number of esters is 2. The van der Waals surface area contributed by atoms with E-state index in [9.17, 15) is 70.9 Å². The number of hydrogen-bond donors (Lipinski definition) is 14. The molecule has 0 aliphatic rings. The quantitative estimate of drug-likeness (QED) is 0.0717. The Hall–Kier alpha value is -1.62. The summed E-state index contributed by atoms with van der Waals surface area (Å²) in [5.74, 6) is -4.03. The molecule has 0 aliphatic carbocycles. The average Bonchev–Trinajstić information content (AvgIpc) is 2.83. The number of rotatable bonds is 15. The number of carbonyl (C=O) groups is 2. The highest BCUT2D eigenvalue weighted by atomic mass is 16.7. The highest BCUT2D eigenvalue weighted by Gasteiger charge is 2.41. The summed E-state index contributed by atoms with van der Waals surface area (Å²) in [5.41, 5.74) is 0. The summed E-state index contributed by atoms with van der Waals surface area (Å²) >= 11 is 0. The third-order valence-corrected chi connectivity index (χ3v) is 4.40. The molecule has 34 heavy (non-hydrogen) atoms. The van der Waals surface area contributed by atoms with Gasteiger partial charge in [0.1, 0.15) is 48.8 Å². The maximum absolute atomic E-state index is 11.7. The van der Waals surface area contributed by atoms with Crippen LogP contribution in [0.2, 0.25) is 0 Å². The van der Waals surface area contributed by atoms with Crippen molar-refractivity contribution in [2.45, 2.75) is 73.6 Å². The fourth-order valence-electron chi connectivity index (χ4n) is 2.19. The standard InChI is InChI=1S/C16H30O18/c17-1-3(19)5(21)7(23)9(25)13(29)33-15(31)11(27)12(28)16(32)34-14(30)10(26)8(24)6(22)4(20)2-18/h3-14,17-30H,1-2H2/t3-,4-,5-,6-,7+,8+,9+,10+,11?,12?,13?,14?/m1/s1. The minimum atomic E-state index is -2.87. The molecule has 0 bridgehead atoms. The number of hydrogen-bond acceptors (Lipinski definition) is 18. The molecule has 0 saturated heterocycles. The van der Waals surface area contributed by atoms with Gasteiger partial charge in [0, 0.05) is 0 Å². The second-order valence-electron chi connectivity index (χ2n) is 6.99. The van der Waals surface area contributed by atoms with Gasteiger partial charge in [-0.1, -0.05) is 0 Å². The van der Waals surface area contributed by atoms with Crippen LogP contribution in [0.25, 0.3) is 0 Å². The second kappa shape index (κ2) is 14.7. The summed E-state index contributed by atoms with van der Waals surface area (Å²) in [6.07, 6.45) is -29.3. The summed E-state index contributed by atoms with van der Waals surface area (Å²) in [6, 6.07) is 0. The molecule has 0 radical (unpaired) electrons. The molecule has 202 valence electrons. The zero-order valence-electron chi connectivity index (χ0n) is 17.2. The van der Waals surface area contributed by atoms with Crippen LogP contribution in [0.15, 0.2) is 0 Å². The molecule has 0 aromatic rings. The van der Waals surface area contributed by atoms with Crippen molar-refractivity contribution < 1.29 is 90.6 Å². The summed E-state index contributed by atoms with van der Waals surface area (Å²) in [6.45, 7) is -2.13. The average molecular weight is 510 g/mol. The van der Waals surface area contributed by atoms with E-state index in [1.54, 1.807) is 0 Å². The maximum Gasteiger partial charge on any atom is 0.340 e. The first kappa shape index (κ1) is 32.4. The SMILES string of the molecule is O=C(OC(O)[C@@H](O)[C@@H](O)[C@H](O)[C@H](O)CO)C(O)C(O)C(=O)OC(O)[C@@H](O)[C@@H](O)[C@H](O)[C@H](O)CO. The van der Waals surface area contributed by atoms with E-state index in [2.05, 4.69) is 9.47 Å². The molecule has 4 unspecified atom stereocenters. The molecule has 0 rings (SSSR count). The van der Waals surface area contributed by atoms with Gasteiger partial charge in [-0.05, 0) is 0 Å². The predicted octanol–water partition coefficient (Wildman–Crippen LogP) is -9.70. The van der Waals surface area contributed by atoms with E-state index in [4.69, 9.17) is 10.2 Å². The molecular weight excluding hydrogens is 480 g/mol. The van der Waals surface area contributed by atoms with Crippen molar-refractivity contribution in [2.75, 3.05) is 13.2 Å². The Morgan fingerprint density at radius 2 is 0.735 bits per heavy atom. The van der Waals surface area contributed by atoms with Crippen LogP contribution in [0, 0.1) is 0 Å². The number of aliphatic hydroxyl groups is 14. The van der Waals surface area contributed by atoms with E-state index in [0.717, 1.165) is 0 Å². The predicted molar refractivity (Wildman–Crippen MR) is 98.4 cm³/mol. The van der Waals surface area contributed by atoms with Gasteiger partial charge in [-0.2, -0.15) is 0 Å². The van der Waals surface area contributed by atoms with Crippen LogP contribution in [0.4, 0.5) is 0 Å². The van der Waals surface area contributed by atoms with Gasteiger partial charge in [0.25, 0.3) is 0 Å². The molecule has 12 atom stereocenters. The molecule has 0 saturated carbocycles. The zero-order chi connectivity index (χ0) is 26.9. The minimum Gasteiger partial charge on any atom is -0.431 e. The van der Waals surface area contributed by atoms with Gasteiger partial charge in [0.2, 0.25) is 12.6 Å². The normalized spacial score (nSPS) is 22.6. The molecule has 14 N–H and O–H groups in total. The zero-order valence-corrected chi connectivity index (χ0v) is 17.2. The summed E-state index contributed by atoms with van der Waals surface area (Å²) < 4.78 is 8.18. The fraction of sp³-hybridized carbons (Fsp3) is 0.875. The van der Waals surface area contributed by atoms with Gasteiger partial charge in [0.05, 0.1) is 13.2 Å². The molecule has 0 heterocycles. The topological polar surface area (TPSA) is 336 Å². The van der Waals surface area contributed by atoms with Crippen LogP contribution in [-0.2, 0) is 19.1 Å². The minimum absolute atomic E-state index is 1.06. The van der Waals surface area contributed by atoms with E-state index in [1.807, 2.05) is 0 Å². The molecule has 18 nitrogen and oxygen atoms in total. The van der Waals surface area contributed by atoms with E-state index < -0.39 is 98.8 Å². The largest absolute Gasteiger partial charge is 0.431 e. The molecule has 0 spiro atoms. The van der Waals surface area contributed by atoms with Crippen molar-refractivity contribution in [1.29, 1.82) is 0 Å². The monoisotopic (exact) mass is 510 g/mol. The number of ether oxygens (including phenoxy) is 2. The third kappa shape index (κ3) is 8.87. The van der Waals surface area contributed by atoms with Crippen molar-refractivity contribution in [2.24, 2.45) is 0 Å². The Morgan fingerprint density at radius 1 is 0.471 bits per heavy atom. The van der Waals surface area contributed by atoms with E-state index in [-0.39, 0.29) is 0 Å². The smallest absolute Gasteiger partial charge is 0.340 e. The van der Waals surface area contributed by atoms with Gasteiger partial charge in [-0.15, -0.1) is 0 Å². The van der Waals surface area contributed by atoms with Gasteiger partial charge < -0.3 is 81.0 Å².